The molecule has 1 atom stereocenters. The fourth-order valence-electron chi connectivity index (χ4n) is 3.48. The lowest BCUT2D eigenvalue weighted by Crippen LogP contribution is -2.49. The average Bonchev–Trinajstić information content (AvgIpc) is 2.68. The number of nitrogens with zero attached hydrogens (tertiary/aromatic N) is 2. The van der Waals surface area contributed by atoms with Gasteiger partial charge in [0, 0.05) is 31.1 Å². The third-order valence-electron chi connectivity index (χ3n) is 4.92. The largest absolute Gasteiger partial charge is 0.423 e. The Balaban J connectivity index is 0.00000225. The van der Waals surface area contributed by atoms with E-state index < -0.39 is 15.6 Å². The Bertz CT molecular complexity index is 1130. The molecule has 148 valence electrons. The molecule has 1 aliphatic heterocycles. The normalized spacial score (nSPS) is 18.7. The summed E-state index contributed by atoms with van der Waals surface area (Å²) in [7, 11) is -1.70. The molecule has 3 aromatic rings. The first-order valence-electron chi connectivity index (χ1n) is 8.74. The molecule has 4 rings (SSSR count). The highest BCUT2D eigenvalue weighted by atomic mass is 35.5. The molecule has 1 unspecified atom stereocenters. The van der Waals surface area contributed by atoms with E-state index in [1.54, 1.807) is 16.4 Å². The van der Waals surface area contributed by atoms with Crippen LogP contribution in [0.4, 0.5) is 0 Å². The predicted octanol–water partition coefficient (Wildman–Crippen LogP) is 2.89. The fourth-order valence-corrected chi connectivity index (χ4v) is 5.12. The van der Waals surface area contributed by atoms with Gasteiger partial charge in [0.15, 0.2) is 0 Å². The van der Waals surface area contributed by atoms with Crippen LogP contribution < -0.4 is 5.63 Å². The van der Waals surface area contributed by atoms with Crippen LogP contribution in [0.25, 0.3) is 11.0 Å². The number of halogens is 1. The lowest BCUT2D eigenvalue weighted by atomic mass is 10.1. The van der Waals surface area contributed by atoms with Gasteiger partial charge in [-0.3, -0.25) is 0 Å². The standard InChI is InChI=1S/C20H20N2O4S.ClH/c1-21-11-12-22(18(14-21)15-5-3-2-4-6-15)27(24,25)17-8-9-19-16(13-17)7-10-20(23)26-19;/h2-10,13,18H,11-12,14H2,1H3;1H. The van der Waals surface area contributed by atoms with Crippen molar-refractivity contribution in [2.24, 2.45) is 0 Å². The van der Waals surface area contributed by atoms with Crippen LogP contribution in [-0.2, 0) is 10.0 Å². The van der Waals surface area contributed by atoms with Crippen molar-refractivity contribution in [3.05, 3.63) is 76.6 Å². The molecule has 1 aromatic heterocycles. The van der Waals surface area contributed by atoms with Gasteiger partial charge in [0.25, 0.3) is 0 Å². The molecule has 1 aliphatic rings. The van der Waals surface area contributed by atoms with Gasteiger partial charge >= 0.3 is 5.63 Å². The summed E-state index contributed by atoms with van der Waals surface area (Å²) in [4.78, 5) is 13.7. The van der Waals surface area contributed by atoms with E-state index in [9.17, 15) is 13.2 Å². The number of sulfonamides is 1. The molecule has 8 heteroatoms. The van der Waals surface area contributed by atoms with E-state index in [1.165, 1.54) is 18.2 Å². The van der Waals surface area contributed by atoms with E-state index >= 15 is 0 Å². The molecule has 2 aromatic carbocycles. The smallest absolute Gasteiger partial charge is 0.336 e. The number of rotatable bonds is 3. The molecule has 1 fully saturated rings. The van der Waals surface area contributed by atoms with Gasteiger partial charge in [0.1, 0.15) is 5.58 Å². The molecule has 0 aliphatic carbocycles. The van der Waals surface area contributed by atoms with Gasteiger partial charge in [0.05, 0.1) is 10.9 Å². The van der Waals surface area contributed by atoms with Gasteiger partial charge in [0.2, 0.25) is 10.0 Å². The quantitative estimate of drug-likeness (QED) is 0.609. The first kappa shape index (κ1) is 20.5. The maximum Gasteiger partial charge on any atom is 0.336 e. The summed E-state index contributed by atoms with van der Waals surface area (Å²) in [6.07, 6.45) is 0. The van der Waals surface area contributed by atoms with Crippen LogP contribution in [0.1, 0.15) is 11.6 Å². The number of likely N-dealkylation sites (N-methyl/N-ethyl adjacent to an activating group) is 1. The number of fused-ring (bicyclic) bond motifs is 1. The van der Waals surface area contributed by atoms with Crippen molar-refractivity contribution in [1.82, 2.24) is 9.21 Å². The number of piperazine rings is 1. The Kier molecular flexibility index (Phi) is 5.90. The second-order valence-corrected chi connectivity index (χ2v) is 8.65. The summed E-state index contributed by atoms with van der Waals surface area (Å²) in [5.41, 5.74) is 0.889. The molecule has 0 N–H and O–H groups in total. The molecule has 0 bridgehead atoms. The number of benzene rings is 2. The molecule has 2 heterocycles. The van der Waals surface area contributed by atoms with Crippen molar-refractivity contribution in [3.63, 3.8) is 0 Å². The van der Waals surface area contributed by atoms with E-state index in [2.05, 4.69) is 4.90 Å². The first-order chi connectivity index (χ1) is 12.9. The Hall–Kier alpha value is -2.19. The van der Waals surface area contributed by atoms with Crippen molar-refractivity contribution in [1.29, 1.82) is 0 Å². The molecule has 0 spiro atoms. The highest BCUT2D eigenvalue weighted by Gasteiger charge is 2.36. The minimum absolute atomic E-state index is 0. The highest BCUT2D eigenvalue weighted by molar-refractivity contribution is 7.89. The van der Waals surface area contributed by atoms with Crippen LogP contribution in [0.5, 0.6) is 0 Å². The van der Waals surface area contributed by atoms with Crippen molar-refractivity contribution in [2.75, 3.05) is 26.7 Å². The summed E-state index contributed by atoms with van der Waals surface area (Å²) < 4.78 is 33.5. The van der Waals surface area contributed by atoms with Crippen LogP contribution in [0.3, 0.4) is 0 Å². The Morgan fingerprint density at radius 1 is 1.00 bits per heavy atom. The zero-order valence-corrected chi connectivity index (χ0v) is 16.9. The minimum atomic E-state index is -3.70. The average molecular weight is 421 g/mol. The highest BCUT2D eigenvalue weighted by Crippen LogP contribution is 2.31. The molecule has 0 radical (unpaired) electrons. The van der Waals surface area contributed by atoms with Crippen molar-refractivity contribution in [3.8, 4) is 0 Å². The van der Waals surface area contributed by atoms with Gasteiger partial charge in [-0.2, -0.15) is 4.31 Å². The van der Waals surface area contributed by atoms with Crippen LogP contribution in [0.15, 0.2) is 74.8 Å². The van der Waals surface area contributed by atoms with E-state index in [1.807, 2.05) is 37.4 Å². The summed E-state index contributed by atoms with van der Waals surface area (Å²) in [5.74, 6) is 0. The Labute approximate surface area is 169 Å². The van der Waals surface area contributed by atoms with Gasteiger partial charge in [-0.1, -0.05) is 30.3 Å². The Morgan fingerprint density at radius 2 is 1.75 bits per heavy atom. The van der Waals surface area contributed by atoms with Crippen LogP contribution in [0, 0.1) is 0 Å². The monoisotopic (exact) mass is 420 g/mol. The Morgan fingerprint density at radius 3 is 2.50 bits per heavy atom. The molecule has 0 saturated carbocycles. The second kappa shape index (κ2) is 8.05. The predicted molar refractivity (Wildman–Crippen MR) is 110 cm³/mol. The molecular weight excluding hydrogens is 400 g/mol. The van der Waals surface area contributed by atoms with Crippen molar-refractivity contribution in [2.45, 2.75) is 10.9 Å². The van der Waals surface area contributed by atoms with Gasteiger partial charge in [-0.05, 0) is 36.9 Å². The minimum Gasteiger partial charge on any atom is -0.423 e. The molecule has 6 nitrogen and oxygen atoms in total. The summed E-state index contributed by atoms with van der Waals surface area (Å²) in [5, 5.41) is 0.584. The van der Waals surface area contributed by atoms with Gasteiger partial charge in [-0.15, -0.1) is 12.4 Å². The second-order valence-electron chi connectivity index (χ2n) is 6.76. The summed E-state index contributed by atoms with van der Waals surface area (Å²) >= 11 is 0. The molecular formula is C20H21ClN2O4S. The lowest BCUT2D eigenvalue weighted by Gasteiger charge is -2.39. The zero-order chi connectivity index (χ0) is 19.0. The summed E-state index contributed by atoms with van der Waals surface area (Å²) in [6, 6.07) is 16.9. The maximum atomic E-state index is 13.4. The van der Waals surface area contributed by atoms with E-state index in [4.69, 9.17) is 4.42 Å². The van der Waals surface area contributed by atoms with E-state index in [0.717, 1.165) is 5.56 Å². The SMILES string of the molecule is CN1CCN(S(=O)(=O)c2ccc3oc(=O)ccc3c2)C(c2ccccc2)C1.Cl. The van der Waals surface area contributed by atoms with Crippen LogP contribution in [0.2, 0.25) is 0 Å². The lowest BCUT2D eigenvalue weighted by molar-refractivity contribution is 0.161. The first-order valence-corrected chi connectivity index (χ1v) is 10.2. The molecule has 28 heavy (non-hydrogen) atoms. The van der Waals surface area contributed by atoms with E-state index in [0.29, 0.717) is 30.6 Å². The third kappa shape index (κ3) is 3.84. The van der Waals surface area contributed by atoms with Crippen LogP contribution in [-0.4, -0.2) is 44.3 Å². The van der Waals surface area contributed by atoms with E-state index in [-0.39, 0.29) is 23.3 Å². The molecule has 1 saturated heterocycles. The summed E-state index contributed by atoms with van der Waals surface area (Å²) in [6.45, 7) is 1.72. The zero-order valence-electron chi connectivity index (χ0n) is 15.3. The number of hydrogen-bond donors (Lipinski definition) is 0. The van der Waals surface area contributed by atoms with Crippen molar-refractivity contribution >= 4 is 33.4 Å². The van der Waals surface area contributed by atoms with Crippen LogP contribution >= 0.6 is 12.4 Å². The molecule has 0 amide bonds. The third-order valence-corrected chi connectivity index (χ3v) is 6.82. The van der Waals surface area contributed by atoms with Crippen molar-refractivity contribution < 1.29 is 12.8 Å². The van der Waals surface area contributed by atoms with Gasteiger partial charge < -0.3 is 9.32 Å². The fraction of sp³-hybridized carbons (Fsp3) is 0.250. The topological polar surface area (TPSA) is 70.8 Å². The number of hydrogen-bond acceptors (Lipinski definition) is 5. The maximum absolute atomic E-state index is 13.4. The van der Waals surface area contributed by atoms with Gasteiger partial charge in [-0.25, -0.2) is 13.2 Å².